The van der Waals surface area contributed by atoms with Gasteiger partial charge < -0.3 is 9.42 Å². The van der Waals surface area contributed by atoms with Crippen molar-refractivity contribution in [3.63, 3.8) is 0 Å². The lowest BCUT2D eigenvalue weighted by Crippen LogP contribution is -2.28. The molecule has 8 nitrogen and oxygen atoms in total. The number of nitrogens with zero attached hydrogens (tertiary/aromatic N) is 5. The molecule has 1 N–H and O–H groups in total. The van der Waals surface area contributed by atoms with E-state index in [-0.39, 0.29) is 11.8 Å². The number of amides is 1. The summed E-state index contributed by atoms with van der Waals surface area (Å²) in [5.74, 6) is 1.33. The Labute approximate surface area is 125 Å². The molecule has 1 aromatic carbocycles. The van der Waals surface area contributed by atoms with Gasteiger partial charge in [0.2, 0.25) is 5.89 Å². The molecule has 0 unspecified atom stereocenters. The number of carbonyl (C=O) groups is 1. The molecule has 1 fully saturated rings. The summed E-state index contributed by atoms with van der Waals surface area (Å²) in [5.41, 5.74) is 2.05. The molecule has 1 saturated heterocycles. The van der Waals surface area contributed by atoms with Crippen LogP contribution in [0.15, 0.2) is 22.7 Å². The first kappa shape index (κ1) is 12.9. The van der Waals surface area contributed by atoms with Crippen molar-refractivity contribution in [1.29, 1.82) is 0 Å². The van der Waals surface area contributed by atoms with Gasteiger partial charge in [0.25, 0.3) is 5.91 Å². The van der Waals surface area contributed by atoms with Crippen molar-refractivity contribution >= 4 is 16.9 Å². The lowest BCUT2D eigenvalue weighted by Gasteiger charge is -2.15. The highest BCUT2D eigenvalue weighted by Crippen LogP contribution is 2.27. The number of aryl methyl sites for hydroxylation is 1. The minimum absolute atomic E-state index is 0.0105. The Morgan fingerprint density at radius 2 is 2.23 bits per heavy atom. The van der Waals surface area contributed by atoms with Gasteiger partial charge in [0.1, 0.15) is 11.0 Å². The van der Waals surface area contributed by atoms with Gasteiger partial charge in [-0.05, 0) is 31.5 Å². The Bertz CT molecular complexity index is 839. The number of nitrogens with one attached hydrogen (secondary N) is 1. The lowest BCUT2D eigenvalue weighted by molar-refractivity contribution is 0.0789. The Morgan fingerprint density at radius 3 is 3.05 bits per heavy atom. The third-order valence-electron chi connectivity index (χ3n) is 3.93. The van der Waals surface area contributed by atoms with Crippen LogP contribution in [0.4, 0.5) is 0 Å². The number of likely N-dealkylation sites (tertiary alicyclic amines) is 1. The molecule has 1 amide bonds. The smallest absolute Gasteiger partial charge is 0.253 e. The highest BCUT2D eigenvalue weighted by atomic mass is 16.5. The predicted molar refractivity (Wildman–Crippen MR) is 76.2 cm³/mol. The number of benzene rings is 1. The molecular weight excluding hydrogens is 284 g/mol. The van der Waals surface area contributed by atoms with Gasteiger partial charge in [0.05, 0.1) is 5.92 Å². The Morgan fingerprint density at radius 1 is 1.36 bits per heavy atom. The van der Waals surface area contributed by atoms with E-state index in [1.807, 2.05) is 4.90 Å². The molecule has 0 spiro atoms. The maximum atomic E-state index is 12.6. The summed E-state index contributed by atoms with van der Waals surface area (Å²) in [6, 6.07) is 5.32. The van der Waals surface area contributed by atoms with Crippen LogP contribution >= 0.6 is 0 Å². The Kier molecular flexibility index (Phi) is 2.88. The van der Waals surface area contributed by atoms with Crippen molar-refractivity contribution in [3.05, 3.63) is 35.5 Å². The summed E-state index contributed by atoms with van der Waals surface area (Å²) in [6.07, 6.45) is 0.833. The minimum atomic E-state index is -0.0105. The van der Waals surface area contributed by atoms with Gasteiger partial charge in [-0.2, -0.15) is 20.4 Å². The molecule has 0 radical (unpaired) electrons. The number of rotatable bonds is 2. The van der Waals surface area contributed by atoms with Crippen LogP contribution in [0.1, 0.15) is 34.4 Å². The van der Waals surface area contributed by atoms with Crippen molar-refractivity contribution in [2.45, 2.75) is 19.3 Å². The molecule has 1 atom stereocenters. The largest absolute Gasteiger partial charge is 0.339 e. The summed E-state index contributed by atoms with van der Waals surface area (Å²) in [5, 5.41) is 14.4. The highest BCUT2D eigenvalue weighted by Gasteiger charge is 2.31. The molecule has 22 heavy (non-hydrogen) atoms. The van der Waals surface area contributed by atoms with Crippen LogP contribution in [0.3, 0.4) is 0 Å². The van der Waals surface area contributed by atoms with Crippen molar-refractivity contribution in [1.82, 2.24) is 30.5 Å². The Balaban J connectivity index is 1.53. The van der Waals surface area contributed by atoms with Gasteiger partial charge in [-0.3, -0.25) is 4.79 Å². The van der Waals surface area contributed by atoms with Crippen LogP contribution in [0, 0.1) is 6.92 Å². The fraction of sp³-hybridized carbons (Fsp3) is 0.357. The van der Waals surface area contributed by atoms with E-state index in [0.717, 1.165) is 11.9 Å². The standard InChI is InChI=1S/C14H14N6O2/c1-8-15-13(22-18-8)10-4-5-20(7-10)14(21)9-2-3-11-12(6-9)17-19-16-11/h2-3,6,10H,4-5,7H2,1H3,(H,16,17,19)/t10-/m1/s1. The Hall–Kier alpha value is -2.77. The van der Waals surface area contributed by atoms with Gasteiger partial charge in [-0.1, -0.05) is 5.16 Å². The van der Waals surface area contributed by atoms with Crippen LogP contribution in [0.5, 0.6) is 0 Å². The minimum Gasteiger partial charge on any atom is -0.339 e. The van der Waals surface area contributed by atoms with Gasteiger partial charge in [-0.15, -0.1) is 0 Å². The highest BCUT2D eigenvalue weighted by molar-refractivity contribution is 5.97. The van der Waals surface area contributed by atoms with Crippen LogP contribution < -0.4 is 0 Å². The molecule has 4 rings (SSSR count). The van der Waals surface area contributed by atoms with Crippen molar-refractivity contribution in [2.75, 3.05) is 13.1 Å². The number of fused-ring (bicyclic) bond motifs is 1. The molecule has 3 heterocycles. The number of aromatic nitrogens is 5. The van der Waals surface area contributed by atoms with E-state index < -0.39 is 0 Å². The second-order valence-corrected chi connectivity index (χ2v) is 5.44. The fourth-order valence-corrected chi connectivity index (χ4v) is 2.78. The summed E-state index contributed by atoms with van der Waals surface area (Å²) in [4.78, 5) is 18.7. The van der Waals surface area contributed by atoms with Crippen LogP contribution in [0.2, 0.25) is 0 Å². The van der Waals surface area contributed by atoms with E-state index in [1.165, 1.54) is 0 Å². The van der Waals surface area contributed by atoms with Crippen molar-refractivity contribution < 1.29 is 9.32 Å². The first-order chi connectivity index (χ1) is 10.7. The average Bonchev–Trinajstić information content (AvgIpc) is 3.25. The summed E-state index contributed by atoms with van der Waals surface area (Å²) >= 11 is 0. The zero-order valence-electron chi connectivity index (χ0n) is 12.0. The van der Waals surface area contributed by atoms with Crippen LogP contribution in [-0.2, 0) is 0 Å². The van der Waals surface area contributed by atoms with Crippen LogP contribution in [0.25, 0.3) is 11.0 Å². The molecule has 1 aliphatic rings. The summed E-state index contributed by atoms with van der Waals surface area (Å²) in [6.45, 7) is 3.07. The summed E-state index contributed by atoms with van der Waals surface area (Å²) in [7, 11) is 0. The molecule has 0 bridgehead atoms. The summed E-state index contributed by atoms with van der Waals surface area (Å²) < 4.78 is 5.21. The number of aromatic amines is 1. The SMILES string of the molecule is Cc1noc([C@@H]2CCN(C(=O)c3ccc4n[nH]nc4c3)C2)n1. The normalized spacial score (nSPS) is 18.2. The molecule has 0 saturated carbocycles. The fourth-order valence-electron chi connectivity index (χ4n) is 2.78. The molecule has 8 heteroatoms. The molecule has 0 aliphatic carbocycles. The second-order valence-electron chi connectivity index (χ2n) is 5.44. The number of hydrogen-bond donors (Lipinski definition) is 1. The monoisotopic (exact) mass is 298 g/mol. The zero-order valence-corrected chi connectivity index (χ0v) is 12.0. The third kappa shape index (κ3) is 2.12. The number of H-pyrrole nitrogens is 1. The predicted octanol–water partition coefficient (Wildman–Crippen LogP) is 1.28. The topological polar surface area (TPSA) is 101 Å². The molecule has 3 aromatic rings. The first-order valence-electron chi connectivity index (χ1n) is 7.11. The van der Waals surface area contributed by atoms with E-state index in [2.05, 4.69) is 25.6 Å². The van der Waals surface area contributed by atoms with E-state index >= 15 is 0 Å². The molecule has 112 valence electrons. The molecule has 2 aromatic heterocycles. The number of carbonyl (C=O) groups excluding carboxylic acids is 1. The van der Waals surface area contributed by atoms with E-state index in [9.17, 15) is 4.79 Å². The zero-order chi connectivity index (χ0) is 15.1. The van der Waals surface area contributed by atoms with Gasteiger partial charge in [0, 0.05) is 18.7 Å². The lowest BCUT2D eigenvalue weighted by atomic mass is 10.1. The van der Waals surface area contributed by atoms with E-state index in [1.54, 1.807) is 25.1 Å². The average molecular weight is 298 g/mol. The van der Waals surface area contributed by atoms with Gasteiger partial charge >= 0.3 is 0 Å². The van der Waals surface area contributed by atoms with Crippen LogP contribution in [-0.4, -0.2) is 49.4 Å². The number of hydrogen-bond acceptors (Lipinski definition) is 6. The third-order valence-corrected chi connectivity index (χ3v) is 3.93. The maximum Gasteiger partial charge on any atom is 0.253 e. The first-order valence-corrected chi connectivity index (χ1v) is 7.11. The quantitative estimate of drug-likeness (QED) is 0.764. The molecular formula is C14H14N6O2. The maximum absolute atomic E-state index is 12.6. The van der Waals surface area contributed by atoms with Crippen molar-refractivity contribution in [2.24, 2.45) is 0 Å². The van der Waals surface area contributed by atoms with Crippen molar-refractivity contribution in [3.8, 4) is 0 Å². The second kappa shape index (κ2) is 4.90. The van der Waals surface area contributed by atoms with Gasteiger partial charge in [-0.25, -0.2) is 0 Å². The van der Waals surface area contributed by atoms with Gasteiger partial charge in [0.15, 0.2) is 5.82 Å². The van der Waals surface area contributed by atoms with E-state index in [4.69, 9.17) is 4.52 Å². The van der Waals surface area contributed by atoms with E-state index in [0.29, 0.717) is 35.9 Å². The molecule has 1 aliphatic heterocycles.